The molecule has 1 unspecified atom stereocenters. The average Bonchev–Trinajstić information content (AvgIpc) is 2.97. The standard InChI is InChI=1S/C21H38O3Si/c1-15(2)25(16(3)4,17(5)6)23-13-12-20(22-7)21-14-18-10-8-9-11-19(18)24-21/h14-17,20H,8-13H2,1-7H3. The van der Waals surface area contributed by atoms with E-state index in [0.29, 0.717) is 16.6 Å². The molecule has 1 aliphatic rings. The van der Waals surface area contributed by atoms with Crippen LogP contribution in [0.5, 0.6) is 0 Å². The van der Waals surface area contributed by atoms with E-state index in [9.17, 15) is 0 Å². The van der Waals surface area contributed by atoms with Crippen molar-refractivity contribution < 1.29 is 13.6 Å². The lowest BCUT2D eigenvalue weighted by Gasteiger charge is -2.42. The zero-order valence-corrected chi connectivity index (χ0v) is 18.4. The Morgan fingerprint density at radius 3 is 2.12 bits per heavy atom. The first-order valence-corrected chi connectivity index (χ1v) is 12.2. The van der Waals surface area contributed by atoms with Crippen LogP contribution in [-0.2, 0) is 22.0 Å². The molecule has 0 N–H and O–H groups in total. The maximum atomic E-state index is 6.69. The first-order valence-electron chi connectivity index (χ1n) is 10.1. The average molecular weight is 367 g/mol. The molecule has 144 valence electrons. The summed E-state index contributed by atoms with van der Waals surface area (Å²) in [4.78, 5) is 0. The van der Waals surface area contributed by atoms with Crippen LogP contribution in [0.15, 0.2) is 10.5 Å². The summed E-state index contributed by atoms with van der Waals surface area (Å²) in [5.74, 6) is 2.17. The fraction of sp³-hybridized carbons (Fsp3) is 0.810. The molecule has 0 aliphatic heterocycles. The van der Waals surface area contributed by atoms with Gasteiger partial charge in [0.2, 0.25) is 0 Å². The highest BCUT2D eigenvalue weighted by Crippen LogP contribution is 2.42. The number of ether oxygens (including phenoxy) is 1. The number of aryl methyl sites for hydroxylation is 2. The smallest absolute Gasteiger partial charge is 0.200 e. The van der Waals surface area contributed by atoms with E-state index >= 15 is 0 Å². The lowest BCUT2D eigenvalue weighted by molar-refractivity contribution is 0.0606. The van der Waals surface area contributed by atoms with Gasteiger partial charge in [-0.25, -0.2) is 0 Å². The Bertz CT molecular complexity index is 488. The first-order chi connectivity index (χ1) is 11.8. The summed E-state index contributed by atoms with van der Waals surface area (Å²) in [6.45, 7) is 14.8. The van der Waals surface area contributed by atoms with Crippen molar-refractivity contribution in [1.29, 1.82) is 0 Å². The van der Waals surface area contributed by atoms with Gasteiger partial charge in [-0.1, -0.05) is 41.5 Å². The van der Waals surface area contributed by atoms with E-state index in [1.54, 1.807) is 7.11 Å². The number of rotatable bonds is 9. The molecule has 1 atom stereocenters. The minimum absolute atomic E-state index is 0.00351. The van der Waals surface area contributed by atoms with Crippen LogP contribution in [0.1, 0.15) is 84.0 Å². The van der Waals surface area contributed by atoms with Crippen LogP contribution in [0, 0.1) is 0 Å². The van der Waals surface area contributed by atoms with E-state index in [0.717, 1.165) is 31.6 Å². The van der Waals surface area contributed by atoms with Crippen LogP contribution in [0.4, 0.5) is 0 Å². The minimum atomic E-state index is -1.80. The first kappa shape index (κ1) is 20.7. The summed E-state index contributed by atoms with van der Waals surface area (Å²) < 4.78 is 18.6. The monoisotopic (exact) mass is 366 g/mol. The molecule has 1 aromatic heterocycles. The zero-order valence-electron chi connectivity index (χ0n) is 17.4. The van der Waals surface area contributed by atoms with Gasteiger partial charge in [-0.15, -0.1) is 0 Å². The molecule has 4 heteroatoms. The Balaban J connectivity index is 2.03. The number of methoxy groups -OCH3 is 1. The van der Waals surface area contributed by atoms with Gasteiger partial charge in [0.25, 0.3) is 0 Å². The molecule has 1 aliphatic carbocycles. The molecule has 0 bridgehead atoms. The molecule has 2 rings (SSSR count). The van der Waals surface area contributed by atoms with Crippen molar-refractivity contribution in [2.75, 3.05) is 13.7 Å². The zero-order chi connectivity index (χ0) is 18.6. The van der Waals surface area contributed by atoms with E-state index in [1.165, 1.54) is 24.2 Å². The van der Waals surface area contributed by atoms with E-state index in [4.69, 9.17) is 13.6 Å². The second kappa shape index (κ2) is 8.87. The molecule has 0 spiro atoms. The van der Waals surface area contributed by atoms with Gasteiger partial charge in [0.1, 0.15) is 17.6 Å². The second-order valence-corrected chi connectivity index (χ2v) is 13.9. The predicted molar refractivity (Wildman–Crippen MR) is 107 cm³/mol. The lowest BCUT2D eigenvalue weighted by Crippen LogP contribution is -2.48. The fourth-order valence-corrected chi connectivity index (χ4v) is 10.4. The van der Waals surface area contributed by atoms with E-state index in [1.807, 2.05) is 0 Å². The predicted octanol–water partition coefficient (Wildman–Crippen LogP) is 6.43. The maximum Gasteiger partial charge on any atom is 0.200 e. The van der Waals surface area contributed by atoms with Gasteiger partial charge >= 0.3 is 0 Å². The molecule has 0 amide bonds. The Hall–Kier alpha value is -0.583. The highest BCUT2D eigenvalue weighted by atomic mass is 28.4. The molecule has 0 saturated heterocycles. The van der Waals surface area contributed by atoms with Crippen LogP contribution in [-0.4, -0.2) is 22.0 Å². The normalized spacial score (nSPS) is 16.7. The molecule has 0 radical (unpaired) electrons. The number of furan rings is 1. The third kappa shape index (κ3) is 4.40. The number of hydrogen-bond acceptors (Lipinski definition) is 3. The third-order valence-corrected chi connectivity index (χ3v) is 12.2. The Kier molecular flexibility index (Phi) is 7.36. The lowest BCUT2D eigenvalue weighted by atomic mass is 9.98. The summed E-state index contributed by atoms with van der Waals surface area (Å²) in [6.07, 6.45) is 5.61. The minimum Gasteiger partial charge on any atom is -0.463 e. The van der Waals surface area contributed by atoms with Gasteiger partial charge in [-0.2, -0.15) is 0 Å². The maximum absolute atomic E-state index is 6.69. The van der Waals surface area contributed by atoms with Crippen LogP contribution in [0.2, 0.25) is 16.6 Å². The van der Waals surface area contributed by atoms with Crippen molar-refractivity contribution in [3.8, 4) is 0 Å². The van der Waals surface area contributed by atoms with Gasteiger partial charge in [-0.05, 0) is 47.5 Å². The van der Waals surface area contributed by atoms with Crippen LogP contribution < -0.4 is 0 Å². The Morgan fingerprint density at radius 2 is 1.60 bits per heavy atom. The Morgan fingerprint density at radius 1 is 1.00 bits per heavy atom. The largest absolute Gasteiger partial charge is 0.463 e. The van der Waals surface area contributed by atoms with Crippen molar-refractivity contribution in [2.45, 2.75) is 96.4 Å². The SMILES string of the molecule is COC(CCO[Si](C(C)C)(C(C)C)C(C)C)c1cc2c(o1)CCCC2. The fourth-order valence-electron chi connectivity index (χ4n) is 4.89. The van der Waals surface area contributed by atoms with E-state index in [2.05, 4.69) is 47.6 Å². The van der Waals surface area contributed by atoms with Crippen LogP contribution in [0.3, 0.4) is 0 Å². The topological polar surface area (TPSA) is 31.6 Å². The molecule has 0 saturated carbocycles. The quantitative estimate of drug-likeness (QED) is 0.472. The summed E-state index contributed by atoms with van der Waals surface area (Å²) in [7, 11) is -0.0218. The second-order valence-electron chi connectivity index (χ2n) is 8.48. The van der Waals surface area contributed by atoms with Crippen LogP contribution >= 0.6 is 0 Å². The molecule has 25 heavy (non-hydrogen) atoms. The summed E-state index contributed by atoms with van der Waals surface area (Å²) in [5.41, 5.74) is 3.23. The highest BCUT2D eigenvalue weighted by Gasteiger charge is 2.45. The van der Waals surface area contributed by atoms with Crippen molar-refractivity contribution in [1.82, 2.24) is 0 Å². The van der Waals surface area contributed by atoms with Gasteiger partial charge in [0.15, 0.2) is 8.32 Å². The summed E-state index contributed by atoms with van der Waals surface area (Å²) in [5, 5.41) is 0. The molecular weight excluding hydrogens is 328 g/mol. The molecule has 0 aromatic carbocycles. The van der Waals surface area contributed by atoms with E-state index in [-0.39, 0.29) is 6.10 Å². The number of fused-ring (bicyclic) bond motifs is 1. The molecule has 0 fully saturated rings. The van der Waals surface area contributed by atoms with Crippen molar-refractivity contribution >= 4 is 8.32 Å². The highest BCUT2D eigenvalue weighted by molar-refractivity contribution is 6.77. The molecule has 3 nitrogen and oxygen atoms in total. The van der Waals surface area contributed by atoms with E-state index < -0.39 is 8.32 Å². The third-order valence-electron chi connectivity index (χ3n) is 6.06. The summed E-state index contributed by atoms with van der Waals surface area (Å²) in [6, 6.07) is 2.22. The van der Waals surface area contributed by atoms with Crippen LogP contribution in [0.25, 0.3) is 0 Å². The number of hydrogen-bond donors (Lipinski definition) is 0. The van der Waals surface area contributed by atoms with Gasteiger partial charge < -0.3 is 13.6 Å². The molecular formula is C21H38O3Si. The molecule has 1 aromatic rings. The van der Waals surface area contributed by atoms with Gasteiger partial charge in [0, 0.05) is 26.6 Å². The molecule has 1 heterocycles. The van der Waals surface area contributed by atoms with Gasteiger partial charge in [0.05, 0.1) is 0 Å². The van der Waals surface area contributed by atoms with Gasteiger partial charge in [-0.3, -0.25) is 0 Å². The Labute approximate surface area is 155 Å². The van der Waals surface area contributed by atoms with Crippen molar-refractivity contribution in [3.05, 3.63) is 23.2 Å². The summed E-state index contributed by atoms with van der Waals surface area (Å²) >= 11 is 0. The van der Waals surface area contributed by atoms with Crippen molar-refractivity contribution in [2.24, 2.45) is 0 Å². The van der Waals surface area contributed by atoms with Crippen molar-refractivity contribution in [3.63, 3.8) is 0 Å².